The Morgan fingerprint density at radius 1 is 1.31 bits per heavy atom. The molecule has 0 aromatic carbocycles. The highest BCUT2D eigenvalue weighted by molar-refractivity contribution is 5.86. The minimum absolute atomic E-state index is 0.0280. The molecule has 0 aliphatic rings. The second-order valence-electron chi connectivity index (χ2n) is 3.16. The summed E-state index contributed by atoms with van der Waals surface area (Å²) >= 11 is 0. The topological polar surface area (TPSA) is 52.3 Å². The van der Waals surface area contributed by atoms with Crippen LogP contribution in [-0.2, 0) is 9.53 Å². The van der Waals surface area contributed by atoms with Gasteiger partial charge in [0.2, 0.25) is 0 Å². The normalized spacial score (nSPS) is 11.0. The van der Waals surface area contributed by atoms with E-state index in [0.717, 1.165) is 19.3 Å². The zero-order valence-electron chi connectivity index (χ0n) is 8.72. The first-order valence-corrected chi connectivity index (χ1v) is 4.69. The summed E-state index contributed by atoms with van der Waals surface area (Å²) in [5.41, 5.74) is 4.85. The number of ether oxygens (including phenoxy) is 1. The van der Waals surface area contributed by atoms with Crippen LogP contribution >= 0.6 is 0 Å². The van der Waals surface area contributed by atoms with Crippen molar-refractivity contribution in [2.45, 2.75) is 45.6 Å². The van der Waals surface area contributed by atoms with Crippen LogP contribution in [0.4, 0.5) is 0 Å². The van der Waals surface area contributed by atoms with Gasteiger partial charge >= 0.3 is 5.97 Å². The zero-order chi connectivity index (χ0) is 10.5. The van der Waals surface area contributed by atoms with Crippen LogP contribution in [0.25, 0.3) is 0 Å². The van der Waals surface area contributed by atoms with Gasteiger partial charge in [0.1, 0.15) is 11.3 Å². The number of carbonyl (C=O) groups is 1. The zero-order valence-corrected chi connectivity index (χ0v) is 8.72. The summed E-state index contributed by atoms with van der Waals surface area (Å²) in [4.78, 5) is 11.2. The molecule has 0 amide bonds. The van der Waals surface area contributed by atoms with Crippen LogP contribution in [0.2, 0.25) is 0 Å². The fraction of sp³-hybridized carbons (Fsp3) is 0.700. The van der Waals surface area contributed by atoms with Crippen molar-refractivity contribution in [2.75, 3.05) is 0 Å². The lowest BCUT2D eigenvalue weighted by atomic mass is 9.94. The van der Waals surface area contributed by atoms with E-state index in [1.54, 1.807) is 0 Å². The van der Waals surface area contributed by atoms with Crippen molar-refractivity contribution in [1.82, 2.24) is 0 Å². The molecule has 0 aromatic heterocycles. The van der Waals surface area contributed by atoms with Gasteiger partial charge in [0.15, 0.2) is 0 Å². The second-order valence-corrected chi connectivity index (χ2v) is 3.16. The van der Waals surface area contributed by atoms with Gasteiger partial charge in [0.05, 0.1) is 0 Å². The van der Waals surface area contributed by atoms with Gasteiger partial charge in [-0.25, -0.2) is 4.79 Å². The van der Waals surface area contributed by atoms with Crippen molar-refractivity contribution in [3.05, 3.63) is 12.3 Å². The highest BCUT2D eigenvalue weighted by atomic mass is 16.6. The average Bonchev–Trinajstić information content (AvgIpc) is 2.14. The smallest absolute Gasteiger partial charge is 0.354 e. The minimum Gasteiger partial charge on any atom is -0.454 e. The van der Waals surface area contributed by atoms with Crippen LogP contribution in [-0.4, -0.2) is 11.6 Å². The Bertz CT molecular complexity index is 187. The minimum atomic E-state index is -0.495. The highest BCUT2D eigenvalue weighted by Gasteiger charge is 2.28. The van der Waals surface area contributed by atoms with Gasteiger partial charge < -0.3 is 10.5 Å². The first-order valence-electron chi connectivity index (χ1n) is 4.69. The van der Waals surface area contributed by atoms with E-state index in [2.05, 4.69) is 6.58 Å². The van der Waals surface area contributed by atoms with Crippen molar-refractivity contribution in [3.8, 4) is 0 Å². The molecule has 13 heavy (non-hydrogen) atoms. The Morgan fingerprint density at radius 2 is 1.69 bits per heavy atom. The third-order valence-electron chi connectivity index (χ3n) is 2.50. The van der Waals surface area contributed by atoms with Crippen molar-refractivity contribution in [1.29, 1.82) is 0 Å². The molecule has 0 unspecified atom stereocenters. The summed E-state index contributed by atoms with van der Waals surface area (Å²) in [6.45, 7) is 9.34. The van der Waals surface area contributed by atoms with Gasteiger partial charge in [0, 0.05) is 0 Å². The molecule has 0 atom stereocenters. The molecule has 0 saturated heterocycles. The summed E-state index contributed by atoms with van der Waals surface area (Å²) in [7, 11) is 0. The lowest BCUT2D eigenvalue weighted by Crippen LogP contribution is -2.34. The number of hydrogen-bond donors (Lipinski definition) is 1. The molecule has 0 spiro atoms. The third-order valence-corrected chi connectivity index (χ3v) is 2.50. The molecule has 0 heterocycles. The molecule has 0 bridgehead atoms. The van der Waals surface area contributed by atoms with E-state index in [-0.39, 0.29) is 11.3 Å². The number of hydrogen-bond acceptors (Lipinski definition) is 3. The first kappa shape index (κ1) is 12.0. The van der Waals surface area contributed by atoms with Crippen molar-refractivity contribution in [3.63, 3.8) is 0 Å². The molecule has 2 N–H and O–H groups in total. The molecule has 76 valence electrons. The van der Waals surface area contributed by atoms with Crippen molar-refractivity contribution >= 4 is 5.97 Å². The highest BCUT2D eigenvalue weighted by Crippen LogP contribution is 2.24. The van der Waals surface area contributed by atoms with Crippen molar-refractivity contribution < 1.29 is 9.53 Å². The monoisotopic (exact) mass is 185 g/mol. The van der Waals surface area contributed by atoms with Crippen molar-refractivity contribution in [2.24, 2.45) is 5.73 Å². The molecule has 0 radical (unpaired) electrons. The van der Waals surface area contributed by atoms with E-state index in [4.69, 9.17) is 10.5 Å². The Hall–Kier alpha value is -0.990. The number of esters is 1. The number of rotatable bonds is 5. The predicted molar refractivity (Wildman–Crippen MR) is 53.0 cm³/mol. The SMILES string of the molecule is C=C(N)C(=O)OC(CC)(CC)CC. The van der Waals surface area contributed by atoms with Crippen LogP contribution in [0.15, 0.2) is 12.3 Å². The Morgan fingerprint density at radius 3 is 1.92 bits per heavy atom. The second kappa shape index (κ2) is 4.90. The molecular weight excluding hydrogens is 166 g/mol. The maximum Gasteiger partial charge on any atom is 0.354 e. The Kier molecular flexibility index (Phi) is 4.52. The fourth-order valence-electron chi connectivity index (χ4n) is 1.23. The van der Waals surface area contributed by atoms with Crippen LogP contribution in [0.1, 0.15) is 40.0 Å². The van der Waals surface area contributed by atoms with E-state index < -0.39 is 5.97 Å². The Balaban J connectivity index is 4.42. The van der Waals surface area contributed by atoms with Crippen LogP contribution in [0.5, 0.6) is 0 Å². The van der Waals surface area contributed by atoms with E-state index in [0.29, 0.717) is 0 Å². The third kappa shape index (κ3) is 3.09. The molecule has 0 saturated carbocycles. The molecule has 0 aliphatic carbocycles. The van der Waals surface area contributed by atoms with Gasteiger partial charge in [-0.3, -0.25) is 0 Å². The summed E-state index contributed by atoms with van der Waals surface area (Å²) in [5, 5.41) is 0. The fourth-order valence-corrected chi connectivity index (χ4v) is 1.23. The van der Waals surface area contributed by atoms with Gasteiger partial charge in [-0.2, -0.15) is 0 Å². The predicted octanol–water partition coefficient (Wildman–Crippen LogP) is 1.97. The summed E-state index contributed by atoms with van der Waals surface area (Å²) in [6.07, 6.45) is 2.41. The molecule has 0 aromatic rings. The summed E-state index contributed by atoms with van der Waals surface area (Å²) in [5.74, 6) is -0.495. The Labute approximate surface area is 79.9 Å². The molecule has 0 rings (SSSR count). The number of nitrogens with two attached hydrogens (primary N) is 1. The molecule has 3 heteroatoms. The van der Waals surface area contributed by atoms with E-state index in [9.17, 15) is 4.79 Å². The van der Waals surface area contributed by atoms with Gasteiger partial charge in [-0.05, 0) is 19.3 Å². The standard InChI is InChI=1S/C10H19NO2/c1-5-10(6-2,7-3)13-9(12)8(4)11/h4-7,11H2,1-3H3. The molecule has 0 aliphatic heterocycles. The van der Waals surface area contributed by atoms with Crippen LogP contribution in [0, 0.1) is 0 Å². The molecule has 3 nitrogen and oxygen atoms in total. The summed E-state index contributed by atoms with van der Waals surface area (Å²) in [6, 6.07) is 0. The van der Waals surface area contributed by atoms with Gasteiger partial charge in [0.25, 0.3) is 0 Å². The quantitative estimate of drug-likeness (QED) is 0.526. The maximum atomic E-state index is 11.2. The maximum absolute atomic E-state index is 11.2. The summed E-state index contributed by atoms with van der Waals surface area (Å²) < 4.78 is 5.28. The van der Waals surface area contributed by atoms with E-state index in [1.165, 1.54) is 0 Å². The molecular formula is C10H19NO2. The molecule has 0 fully saturated rings. The van der Waals surface area contributed by atoms with E-state index in [1.807, 2.05) is 20.8 Å². The lowest BCUT2D eigenvalue weighted by Gasteiger charge is -2.30. The first-order chi connectivity index (χ1) is 6.01. The lowest BCUT2D eigenvalue weighted by molar-refractivity contribution is -0.156. The van der Waals surface area contributed by atoms with Gasteiger partial charge in [-0.15, -0.1) is 0 Å². The van der Waals surface area contributed by atoms with Crippen LogP contribution in [0.3, 0.4) is 0 Å². The van der Waals surface area contributed by atoms with Crippen LogP contribution < -0.4 is 5.73 Å². The largest absolute Gasteiger partial charge is 0.454 e. The average molecular weight is 185 g/mol. The van der Waals surface area contributed by atoms with E-state index >= 15 is 0 Å². The number of carbonyl (C=O) groups excluding carboxylic acids is 1. The van der Waals surface area contributed by atoms with Gasteiger partial charge in [-0.1, -0.05) is 27.4 Å².